The van der Waals surface area contributed by atoms with Crippen molar-refractivity contribution < 1.29 is 19.1 Å². The van der Waals surface area contributed by atoms with E-state index in [1.54, 1.807) is 12.1 Å². The van der Waals surface area contributed by atoms with E-state index < -0.39 is 17.9 Å². The van der Waals surface area contributed by atoms with Crippen LogP contribution in [0.1, 0.15) is 37.9 Å². The van der Waals surface area contributed by atoms with Gasteiger partial charge in [-0.2, -0.15) is 0 Å². The molecule has 0 saturated heterocycles. The van der Waals surface area contributed by atoms with Crippen molar-refractivity contribution in [3.05, 3.63) is 28.6 Å². The van der Waals surface area contributed by atoms with Gasteiger partial charge in [-0.3, -0.25) is 4.79 Å². The van der Waals surface area contributed by atoms with Crippen LogP contribution in [0.5, 0.6) is 0 Å². The Morgan fingerprint density at radius 2 is 2.05 bits per heavy atom. The van der Waals surface area contributed by atoms with Gasteiger partial charge < -0.3 is 14.8 Å². The van der Waals surface area contributed by atoms with E-state index in [1.165, 1.54) is 12.2 Å². The molecule has 0 bridgehead atoms. The van der Waals surface area contributed by atoms with E-state index in [1.807, 2.05) is 0 Å². The predicted molar refractivity (Wildman–Crippen MR) is 81.6 cm³/mol. The lowest BCUT2D eigenvalue weighted by atomic mass is 9.84. The molecular formula is C15H18BrNO4. The zero-order chi connectivity index (χ0) is 15.2. The standard InChI is InChI=1S/C15H18BrNO4/c16-12-8-6-11(21-12)7-9-13(18)17-14(15(19)20)10-4-2-1-3-5-10/h6-10,14H,1-5H2,(H,17,18)(H,19,20)/b9-7+. The fraction of sp³-hybridized carbons (Fsp3) is 0.467. The van der Waals surface area contributed by atoms with Gasteiger partial charge in [-0.25, -0.2) is 4.79 Å². The molecule has 1 fully saturated rings. The van der Waals surface area contributed by atoms with Crippen molar-refractivity contribution in [2.75, 3.05) is 0 Å². The first-order valence-corrected chi connectivity index (χ1v) is 7.82. The van der Waals surface area contributed by atoms with Crippen LogP contribution in [-0.4, -0.2) is 23.0 Å². The van der Waals surface area contributed by atoms with Gasteiger partial charge in [0.15, 0.2) is 4.67 Å². The van der Waals surface area contributed by atoms with Crippen LogP contribution in [0, 0.1) is 5.92 Å². The summed E-state index contributed by atoms with van der Waals surface area (Å²) in [6.07, 6.45) is 7.72. The van der Waals surface area contributed by atoms with Crippen molar-refractivity contribution >= 4 is 33.9 Å². The van der Waals surface area contributed by atoms with Gasteiger partial charge >= 0.3 is 5.97 Å². The highest BCUT2D eigenvalue weighted by atomic mass is 79.9. The number of rotatable bonds is 5. The van der Waals surface area contributed by atoms with E-state index in [2.05, 4.69) is 21.2 Å². The molecule has 2 rings (SSSR count). The minimum atomic E-state index is -0.968. The molecule has 5 nitrogen and oxygen atoms in total. The Bertz CT molecular complexity index is 532. The van der Waals surface area contributed by atoms with Gasteiger partial charge in [0.2, 0.25) is 5.91 Å². The number of amides is 1. The van der Waals surface area contributed by atoms with Gasteiger partial charge in [-0.05, 0) is 52.9 Å². The molecule has 0 aromatic carbocycles. The molecule has 1 heterocycles. The van der Waals surface area contributed by atoms with Gasteiger partial charge in [0, 0.05) is 6.08 Å². The molecular weight excluding hydrogens is 338 g/mol. The Balaban J connectivity index is 1.94. The summed E-state index contributed by atoms with van der Waals surface area (Å²) in [5.74, 6) is -0.835. The average molecular weight is 356 g/mol. The summed E-state index contributed by atoms with van der Waals surface area (Å²) in [7, 11) is 0. The highest BCUT2D eigenvalue weighted by Gasteiger charge is 2.30. The van der Waals surface area contributed by atoms with Gasteiger partial charge in [-0.15, -0.1) is 0 Å². The van der Waals surface area contributed by atoms with Gasteiger partial charge in [0.05, 0.1) is 0 Å². The summed E-state index contributed by atoms with van der Waals surface area (Å²) >= 11 is 3.17. The van der Waals surface area contributed by atoms with Gasteiger partial charge in [-0.1, -0.05) is 19.3 Å². The summed E-state index contributed by atoms with van der Waals surface area (Å²) in [5.41, 5.74) is 0. The molecule has 0 radical (unpaired) electrons. The van der Waals surface area contributed by atoms with Crippen molar-refractivity contribution in [3.63, 3.8) is 0 Å². The van der Waals surface area contributed by atoms with Gasteiger partial charge in [0.1, 0.15) is 11.8 Å². The summed E-state index contributed by atoms with van der Waals surface area (Å²) in [6, 6.07) is 2.62. The summed E-state index contributed by atoms with van der Waals surface area (Å²) in [6.45, 7) is 0. The van der Waals surface area contributed by atoms with Crippen molar-refractivity contribution in [2.24, 2.45) is 5.92 Å². The van der Waals surface area contributed by atoms with Crippen molar-refractivity contribution in [3.8, 4) is 0 Å². The van der Waals surface area contributed by atoms with Gasteiger partial charge in [0.25, 0.3) is 0 Å². The zero-order valence-corrected chi connectivity index (χ0v) is 13.1. The van der Waals surface area contributed by atoms with Crippen LogP contribution >= 0.6 is 15.9 Å². The molecule has 114 valence electrons. The van der Waals surface area contributed by atoms with E-state index >= 15 is 0 Å². The lowest BCUT2D eigenvalue weighted by Gasteiger charge is -2.27. The molecule has 0 spiro atoms. The summed E-state index contributed by atoms with van der Waals surface area (Å²) in [5, 5.41) is 11.9. The fourth-order valence-electron chi connectivity index (χ4n) is 2.63. The number of carbonyl (C=O) groups is 2. The fourth-order valence-corrected chi connectivity index (χ4v) is 2.94. The van der Waals surface area contributed by atoms with Crippen LogP contribution in [0.2, 0.25) is 0 Å². The highest BCUT2D eigenvalue weighted by molar-refractivity contribution is 9.10. The predicted octanol–water partition coefficient (Wildman–Crippen LogP) is 3.21. The Labute approximate surface area is 131 Å². The summed E-state index contributed by atoms with van der Waals surface area (Å²) < 4.78 is 5.81. The Kier molecular flexibility index (Phi) is 5.61. The van der Waals surface area contributed by atoms with Crippen LogP contribution in [0.4, 0.5) is 0 Å². The topological polar surface area (TPSA) is 79.5 Å². The second-order valence-electron chi connectivity index (χ2n) is 5.20. The number of hydrogen-bond donors (Lipinski definition) is 2. The number of furan rings is 1. The van der Waals surface area contributed by atoms with Crippen molar-refractivity contribution in [1.29, 1.82) is 0 Å². The third-order valence-corrected chi connectivity index (χ3v) is 4.10. The number of carboxylic acids is 1. The van der Waals surface area contributed by atoms with Crippen molar-refractivity contribution in [2.45, 2.75) is 38.1 Å². The maximum Gasteiger partial charge on any atom is 0.326 e. The van der Waals surface area contributed by atoms with E-state index in [-0.39, 0.29) is 5.92 Å². The normalized spacial score (nSPS) is 17.8. The Morgan fingerprint density at radius 3 is 2.62 bits per heavy atom. The molecule has 1 atom stereocenters. The van der Waals surface area contributed by atoms with Crippen molar-refractivity contribution in [1.82, 2.24) is 5.32 Å². The van der Waals surface area contributed by atoms with Crippen LogP contribution < -0.4 is 5.32 Å². The Hall–Kier alpha value is -1.56. The SMILES string of the molecule is O=C(/C=C/c1ccc(Br)o1)NC(C(=O)O)C1CCCCC1. The molecule has 1 aliphatic rings. The van der Waals surface area contributed by atoms with Crippen LogP contribution in [0.15, 0.2) is 27.3 Å². The third-order valence-electron chi connectivity index (χ3n) is 3.68. The average Bonchev–Trinajstić information content (AvgIpc) is 2.89. The molecule has 6 heteroatoms. The van der Waals surface area contributed by atoms with E-state index in [0.29, 0.717) is 10.4 Å². The number of aliphatic carboxylic acids is 1. The minimum absolute atomic E-state index is 0.0198. The second-order valence-corrected chi connectivity index (χ2v) is 5.98. The second kappa shape index (κ2) is 7.45. The largest absolute Gasteiger partial charge is 0.480 e. The first-order valence-electron chi connectivity index (χ1n) is 7.03. The maximum atomic E-state index is 11.9. The monoisotopic (exact) mass is 355 g/mol. The van der Waals surface area contributed by atoms with E-state index in [0.717, 1.165) is 32.1 Å². The molecule has 1 amide bonds. The zero-order valence-electron chi connectivity index (χ0n) is 11.5. The Morgan fingerprint density at radius 1 is 1.33 bits per heavy atom. The molecule has 21 heavy (non-hydrogen) atoms. The third kappa shape index (κ3) is 4.74. The first-order chi connectivity index (χ1) is 10.1. The van der Waals surface area contributed by atoms with E-state index in [4.69, 9.17) is 4.42 Å². The number of nitrogens with one attached hydrogen (secondary N) is 1. The quantitative estimate of drug-likeness (QED) is 0.794. The molecule has 1 unspecified atom stereocenters. The van der Waals surface area contributed by atoms with Crippen LogP contribution in [0.3, 0.4) is 0 Å². The molecule has 1 aromatic rings. The first kappa shape index (κ1) is 15.8. The van der Waals surface area contributed by atoms with E-state index in [9.17, 15) is 14.7 Å². The molecule has 1 saturated carbocycles. The number of carbonyl (C=O) groups excluding carboxylic acids is 1. The van der Waals surface area contributed by atoms with Crippen LogP contribution in [-0.2, 0) is 9.59 Å². The van der Waals surface area contributed by atoms with Crippen LogP contribution in [0.25, 0.3) is 6.08 Å². The maximum absolute atomic E-state index is 11.9. The molecule has 1 aliphatic carbocycles. The number of halogens is 1. The lowest BCUT2D eigenvalue weighted by Crippen LogP contribution is -2.46. The highest BCUT2D eigenvalue weighted by Crippen LogP contribution is 2.26. The number of hydrogen-bond acceptors (Lipinski definition) is 3. The number of carboxylic acid groups (broad SMARTS) is 1. The smallest absolute Gasteiger partial charge is 0.326 e. The molecule has 0 aliphatic heterocycles. The summed E-state index contributed by atoms with van der Waals surface area (Å²) in [4.78, 5) is 23.2. The lowest BCUT2D eigenvalue weighted by molar-refractivity contribution is -0.143. The molecule has 2 N–H and O–H groups in total. The molecule has 1 aromatic heterocycles. The minimum Gasteiger partial charge on any atom is -0.480 e.